The van der Waals surface area contributed by atoms with Crippen LogP contribution < -0.4 is 16.4 Å². The molecule has 0 radical (unpaired) electrons. The summed E-state index contributed by atoms with van der Waals surface area (Å²) in [5, 5.41) is 16.8. The van der Waals surface area contributed by atoms with Gasteiger partial charge in [-0.25, -0.2) is 4.98 Å². The van der Waals surface area contributed by atoms with E-state index in [9.17, 15) is 9.59 Å². The maximum Gasteiger partial charge on any atom is 0.270 e. The Morgan fingerprint density at radius 1 is 1.22 bits per heavy atom. The maximum absolute atomic E-state index is 15.1. The van der Waals surface area contributed by atoms with Crippen LogP contribution in [0.2, 0.25) is 0 Å². The molecule has 10 nitrogen and oxygen atoms in total. The molecule has 190 valence electrons. The van der Waals surface area contributed by atoms with Crippen LogP contribution >= 0.6 is 0 Å². The van der Waals surface area contributed by atoms with Crippen molar-refractivity contribution >= 4 is 23.3 Å². The van der Waals surface area contributed by atoms with E-state index in [-0.39, 0.29) is 28.9 Å². The molecule has 5 rings (SSSR count). The second kappa shape index (κ2) is 9.36. The first-order valence-corrected chi connectivity index (χ1v) is 12.4. The first kappa shape index (κ1) is 24.0. The molecule has 3 heterocycles. The molecule has 0 spiro atoms. The number of carbonyl (C=O) groups excluding carboxylic acids is 2. The van der Waals surface area contributed by atoms with Crippen molar-refractivity contribution in [3.05, 3.63) is 41.4 Å². The zero-order valence-electron chi connectivity index (χ0n) is 20.6. The molecular formula is C25H31FN8O2. The SMILES string of the molecule is CCn1nccc1C(=O)N[C@H](C(=O)Nc1cc(N)c(-c2c(C)n[nH]c2C)c(F)n1)C(C1CC1)C1CC1. The van der Waals surface area contributed by atoms with Crippen LogP contribution in [0, 0.1) is 37.5 Å². The third kappa shape index (κ3) is 4.57. The van der Waals surface area contributed by atoms with Gasteiger partial charge in [0.25, 0.3) is 5.91 Å². The Kier molecular flexibility index (Phi) is 6.23. The number of carbonyl (C=O) groups is 2. The third-order valence-corrected chi connectivity index (χ3v) is 7.17. The summed E-state index contributed by atoms with van der Waals surface area (Å²) in [7, 11) is 0. The van der Waals surface area contributed by atoms with Gasteiger partial charge in [0, 0.05) is 35.8 Å². The van der Waals surface area contributed by atoms with Crippen LogP contribution in [0.3, 0.4) is 0 Å². The molecular weight excluding hydrogens is 463 g/mol. The van der Waals surface area contributed by atoms with E-state index in [1.54, 1.807) is 30.8 Å². The maximum atomic E-state index is 15.1. The van der Waals surface area contributed by atoms with Crippen LogP contribution in [0.5, 0.6) is 0 Å². The van der Waals surface area contributed by atoms with Crippen LogP contribution in [0.25, 0.3) is 11.1 Å². The van der Waals surface area contributed by atoms with Crippen molar-refractivity contribution in [1.82, 2.24) is 30.3 Å². The van der Waals surface area contributed by atoms with E-state index in [1.165, 1.54) is 6.07 Å². The number of hydrogen-bond donors (Lipinski definition) is 4. The quantitative estimate of drug-likeness (QED) is 0.336. The summed E-state index contributed by atoms with van der Waals surface area (Å²) in [4.78, 5) is 30.7. The van der Waals surface area contributed by atoms with Crippen molar-refractivity contribution in [3.63, 3.8) is 0 Å². The summed E-state index contributed by atoms with van der Waals surface area (Å²) >= 11 is 0. The topological polar surface area (TPSA) is 144 Å². The summed E-state index contributed by atoms with van der Waals surface area (Å²) in [6, 6.07) is 2.30. The van der Waals surface area contributed by atoms with Crippen molar-refractivity contribution in [2.45, 2.75) is 59.0 Å². The van der Waals surface area contributed by atoms with Crippen molar-refractivity contribution < 1.29 is 14.0 Å². The number of anilines is 2. The van der Waals surface area contributed by atoms with E-state index in [0.717, 1.165) is 25.7 Å². The number of aromatic nitrogens is 5. The number of hydrogen-bond acceptors (Lipinski definition) is 6. The summed E-state index contributed by atoms with van der Waals surface area (Å²) in [6.45, 7) is 5.95. The van der Waals surface area contributed by atoms with Gasteiger partial charge in [-0.2, -0.15) is 14.6 Å². The first-order chi connectivity index (χ1) is 17.3. The standard InChI is InChI=1S/C25H31FN8O2/c1-4-34-17(9-10-28-34)24(35)31-22(20(14-5-6-14)15-7-8-15)25(36)30-18-11-16(27)21(23(26)29-18)19-12(2)32-33-13(19)3/h9-11,14-15,20,22H,4-8H2,1-3H3,(H,31,35)(H,32,33)(H3,27,29,30,36)/t22-/m0/s1. The van der Waals surface area contributed by atoms with Crippen LogP contribution in [0.4, 0.5) is 15.9 Å². The smallest absolute Gasteiger partial charge is 0.270 e. The average Bonchev–Trinajstić information content (AvgIpc) is 3.77. The number of pyridine rings is 1. The summed E-state index contributed by atoms with van der Waals surface area (Å²) in [5.41, 5.74) is 8.70. The van der Waals surface area contributed by atoms with Gasteiger partial charge in [-0.3, -0.25) is 19.4 Å². The average molecular weight is 495 g/mol. The highest BCUT2D eigenvalue weighted by atomic mass is 19.1. The van der Waals surface area contributed by atoms with Gasteiger partial charge in [0.2, 0.25) is 11.9 Å². The Hall–Kier alpha value is -3.76. The molecule has 11 heteroatoms. The molecule has 2 amide bonds. The van der Waals surface area contributed by atoms with E-state index in [0.29, 0.717) is 41.0 Å². The lowest BCUT2D eigenvalue weighted by Crippen LogP contribution is -2.50. The van der Waals surface area contributed by atoms with Crippen LogP contribution in [-0.2, 0) is 11.3 Å². The van der Waals surface area contributed by atoms with Gasteiger partial charge in [-0.05, 0) is 70.3 Å². The molecule has 2 fully saturated rings. The number of H-pyrrole nitrogens is 1. The fourth-order valence-electron chi connectivity index (χ4n) is 5.19. The highest BCUT2D eigenvalue weighted by molar-refractivity contribution is 6.00. The Labute approximate surface area is 208 Å². The Bertz CT molecular complexity index is 1250. The van der Waals surface area contributed by atoms with Crippen LogP contribution in [0.15, 0.2) is 18.3 Å². The number of aromatic amines is 1. The van der Waals surface area contributed by atoms with E-state index < -0.39 is 17.9 Å². The Morgan fingerprint density at radius 3 is 2.47 bits per heavy atom. The van der Waals surface area contributed by atoms with Gasteiger partial charge >= 0.3 is 0 Å². The van der Waals surface area contributed by atoms with Gasteiger partial charge in [0.05, 0.1) is 11.3 Å². The molecule has 2 saturated carbocycles. The number of rotatable bonds is 9. The van der Waals surface area contributed by atoms with Gasteiger partial charge in [0.15, 0.2) is 0 Å². The second-order valence-corrected chi connectivity index (χ2v) is 9.80. The molecule has 36 heavy (non-hydrogen) atoms. The lowest BCUT2D eigenvalue weighted by Gasteiger charge is -2.27. The van der Waals surface area contributed by atoms with E-state index >= 15 is 4.39 Å². The summed E-state index contributed by atoms with van der Waals surface area (Å²) in [6.07, 6.45) is 5.70. The fraction of sp³-hybridized carbons (Fsp3) is 0.480. The number of nitrogens with two attached hydrogens (primary N) is 1. The van der Waals surface area contributed by atoms with Crippen LogP contribution in [-0.4, -0.2) is 42.8 Å². The first-order valence-electron chi connectivity index (χ1n) is 12.4. The molecule has 1 atom stereocenters. The minimum atomic E-state index is -0.800. The molecule has 3 aromatic rings. The van der Waals surface area contributed by atoms with E-state index in [1.807, 2.05) is 6.92 Å². The molecule has 0 unspecified atom stereocenters. The normalized spacial score (nSPS) is 16.2. The van der Waals surface area contributed by atoms with E-state index in [4.69, 9.17) is 5.73 Å². The fourth-order valence-corrected chi connectivity index (χ4v) is 5.19. The molecule has 0 saturated heterocycles. The molecule has 0 aliphatic heterocycles. The molecule has 2 aliphatic rings. The van der Waals surface area contributed by atoms with Crippen molar-refractivity contribution in [1.29, 1.82) is 0 Å². The number of amides is 2. The minimum absolute atomic E-state index is 0.000689. The molecule has 5 N–H and O–H groups in total. The number of nitrogens with zero attached hydrogens (tertiary/aromatic N) is 4. The largest absolute Gasteiger partial charge is 0.398 e. The minimum Gasteiger partial charge on any atom is -0.398 e. The predicted molar refractivity (Wildman–Crippen MR) is 132 cm³/mol. The second-order valence-electron chi connectivity index (χ2n) is 9.80. The van der Waals surface area contributed by atoms with Crippen LogP contribution in [0.1, 0.15) is 54.5 Å². The van der Waals surface area contributed by atoms with Gasteiger partial charge in [0.1, 0.15) is 17.6 Å². The van der Waals surface area contributed by atoms with E-state index in [2.05, 4.69) is 30.9 Å². The van der Waals surface area contributed by atoms with Crippen molar-refractivity contribution in [2.75, 3.05) is 11.1 Å². The monoisotopic (exact) mass is 494 g/mol. The highest BCUT2D eigenvalue weighted by Gasteiger charge is 2.48. The molecule has 0 aromatic carbocycles. The van der Waals surface area contributed by atoms with Gasteiger partial charge in [-0.15, -0.1) is 0 Å². The number of nitrogens with one attached hydrogen (secondary N) is 3. The number of nitrogen functional groups attached to an aromatic ring is 1. The van der Waals surface area contributed by atoms with Crippen molar-refractivity contribution in [2.24, 2.45) is 17.8 Å². The Balaban J connectivity index is 1.42. The summed E-state index contributed by atoms with van der Waals surface area (Å²) < 4.78 is 16.7. The molecule has 2 aliphatic carbocycles. The molecule has 3 aromatic heterocycles. The Morgan fingerprint density at radius 2 is 1.92 bits per heavy atom. The number of aryl methyl sites for hydroxylation is 3. The lowest BCUT2D eigenvalue weighted by atomic mass is 9.88. The van der Waals surface area contributed by atoms with Gasteiger partial charge in [-0.1, -0.05) is 0 Å². The lowest BCUT2D eigenvalue weighted by molar-refractivity contribution is -0.119. The van der Waals surface area contributed by atoms with Crippen molar-refractivity contribution in [3.8, 4) is 11.1 Å². The zero-order valence-corrected chi connectivity index (χ0v) is 20.6. The summed E-state index contributed by atoms with van der Waals surface area (Å²) in [5.74, 6) is -0.801. The zero-order chi connectivity index (χ0) is 25.6. The molecule has 0 bridgehead atoms. The highest BCUT2D eigenvalue weighted by Crippen LogP contribution is 2.51. The predicted octanol–water partition coefficient (Wildman–Crippen LogP) is 3.20. The third-order valence-electron chi connectivity index (χ3n) is 7.17. The number of halogens is 1. The van der Waals surface area contributed by atoms with Gasteiger partial charge < -0.3 is 16.4 Å².